The predicted molar refractivity (Wildman–Crippen MR) is 274 cm³/mol. The summed E-state index contributed by atoms with van der Waals surface area (Å²) in [5.74, 6) is 2.58. The number of para-hydroxylation sites is 1. The number of benzene rings is 3. The van der Waals surface area contributed by atoms with Gasteiger partial charge in [-0.1, -0.05) is 54.3 Å². The maximum atomic E-state index is 13.4. The number of amides is 3. The average molecular weight is 1090 g/mol. The van der Waals surface area contributed by atoms with Crippen LogP contribution in [0.1, 0.15) is 106 Å². The number of carboxylic acid groups (broad SMARTS) is 1. The highest BCUT2D eigenvalue weighted by atomic mass is 127. The highest BCUT2D eigenvalue weighted by Crippen LogP contribution is 2.26. The molecule has 3 aromatic carbocycles. The van der Waals surface area contributed by atoms with Gasteiger partial charge in [0, 0.05) is 78.7 Å². The molecule has 0 aliphatic carbocycles. The predicted octanol–water partition coefficient (Wildman–Crippen LogP) is 6.53. The van der Waals surface area contributed by atoms with E-state index in [1.807, 2.05) is 60.7 Å². The third-order valence-corrected chi connectivity index (χ3v) is 12.3. The Labute approximate surface area is 430 Å². The summed E-state index contributed by atoms with van der Waals surface area (Å²) in [6, 6.07) is 22.5. The Bertz CT molecular complexity index is 2240. The molecule has 0 unspecified atom stereocenters. The second-order valence-corrected chi connectivity index (χ2v) is 18.3. The Balaban J connectivity index is 0.992. The number of aliphatic carboxylic acids is 1. The number of unbranched alkanes of at least 4 members (excludes halogenated alkanes) is 1. The highest BCUT2D eigenvalue weighted by Gasteiger charge is 2.28. The molecule has 0 spiro atoms. The lowest BCUT2D eigenvalue weighted by atomic mass is 9.94. The van der Waals surface area contributed by atoms with Gasteiger partial charge in [0.05, 0.1) is 65.6 Å². The molecule has 71 heavy (non-hydrogen) atoms. The van der Waals surface area contributed by atoms with Crippen molar-refractivity contribution >= 4 is 69.5 Å². The number of aryl methyl sites for hydroxylation is 1. The molecule has 0 bridgehead atoms. The summed E-state index contributed by atoms with van der Waals surface area (Å²) in [6.45, 7) is 3.10. The number of esters is 1. The first kappa shape index (κ1) is 58.1. The Morgan fingerprint density at radius 1 is 0.662 bits per heavy atom. The zero-order valence-electron chi connectivity index (χ0n) is 40.7. The number of anilines is 1. The van der Waals surface area contributed by atoms with Crippen molar-refractivity contribution in [2.24, 2.45) is 5.92 Å². The number of ether oxygens (including phenoxy) is 5. The number of hydrogen-bond acceptors (Lipinski definition) is 12. The van der Waals surface area contributed by atoms with Crippen LogP contribution in [0.25, 0.3) is 0 Å². The molecule has 0 aromatic heterocycles. The van der Waals surface area contributed by atoms with E-state index in [2.05, 4.69) is 57.2 Å². The largest absolute Gasteiger partial charge is 0.481 e. The second kappa shape index (κ2) is 34.0. The molecular weight excluding hydrogens is 1030 g/mol. The van der Waals surface area contributed by atoms with E-state index in [9.17, 15) is 38.7 Å². The van der Waals surface area contributed by atoms with Gasteiger partial charge in [-0.25, -0.2) is 4.79 Å². The number of rotatable bonds is 36. The molecular formula is C54H68IN3O13. The molecule has 384 valence electrons. The van der Waals surface area contributed by atoms with E-state index in [0.29, 0.717) is 78.2 Å². The van der Waals surface area contributed by atoms with Crippen LogP contribution in [0.3, 0.4) is 0 Å². The van der Waals surface area contributed by atoms with Crippen LogP contribution in [0.2, 0.25) is 0 Å². The van der Waals surface area contributed by atoms with Gasteiger partial charge in [0.15, 0.2) is 0 Å². The second-order valence-electron chi connectivity index (χ2n) is 17.0. The van der Waals surface area contributed by atoms with E-state index in [0.717, 1.165) is 38.8 Å². The van der Waals surface area contributed by atoms with Crippen molar-refractivity contribution in [3.8, 4) is 11.8 Å². The van der Waals surface area contributed by atoms with Crippen LogP contribution in [0.15, 0.2) is 72.8 Å². The van der Waals surface area contributed by atoms with Gasteiger partial charge >= 0.3 is 11.9 Å². The summed E-state index contributed by atoms with van der Waals surface area (Å²) in [4.78, 5) is 90.0. The quantitative estimate of drug-likeness (QED) is 0.0245. The first-order chi connectivity index (χ1) is 34.4. The summed E-state index contributed by atoms with van der Waals surface area (Å²) in [7, 11) is 1.21. The summed E-state index contributed by atoms with van der Waals surface area (Å²) >= 11 is 2.25. The molecule has 16 nitrogen and oxygen atoms in total. The smallest absolute Gasteiger partial charge is 0.328 e. The van der Waals surface area contributed by atoms with E-state index < -0.39 is 29.8 Å². The number of carboxylic acids is 1. The Kier molecular flexibility index (Phi) is 27.8. The average Bonchev–Trinajstić information content (AvgIpc) is 3.36. The summed E-state index contributed by atoms with van der Waals surface area (Å²) in [5, 5.41) is 14.8. The van der Waals surface area contributed by atoms with E-state index in [4.69, 9.17) is 23.7 Å². The Morgan fingerprint density at radius 2 is 1.31 bits per heavy atom. The monoisotopic (exact) mass is 1090 g/mol. The van der Waals surface area contributed by atoms with Crippen molar-refractivity contribution in [3.05, 3.63) is 98.6 Å². The zero-order valence-corrected chi connectivity index (χ0v) is 42.9. The van der Waals surface area contributed by atoms with Crippen molar-refractivity contribution in [1.29, 1.82) is 0 Å². The van der Waals surface area contributed by atoms with Gasteiger partial charge in [0.25, 0.3) is 0 Å². The highest BCUT2D eigenvalue weighted by molar-refractivity contribution is 14.1. The lowest BCUT2D eigenvalue weighted by Gasteiger charge is -2.26. The molecule has 3 aromatic rings. The first-order valence-corrected chi connectivity index (χ1v) is 25.5. The van der Waals surface area contributed by atoms with Gasteiger partial charge in [0.2, 0.25) is 17.7 Å². The van der Waals surface area contributed by atoms with E-state index in [-0.39, 0.29) is 88.1 Å². The third kappa shape index (κ3) is 23.5. The minimum atomic E-state index is -1.11. The summed E-state index contributed by atoms with van der Waals surface area (Å²) in [6.07, 6.45) is 3.70. The number of Topliss-reactive ketones (excluding diaryl/α,β-unsaturated/α-hetero) is 2. The van der Waals surface area contributed by atoms with E-state index in [1.54, 1.807) is 4.90 Å². The van der Waals surface area contributed by atoms with Crippen molar-refractivity contribution < 1.29 is 62.4 Å². The van der Waals surface area contributed by atoms with Crippen LogP contribution in [-0.4, -0.2) is 119 Å². The number of fused-ring (bicyclic) bond motifs is 2. The molecule has 0 fully saturated rings. The molecule has 1 heterocycles. The SMILES string of the molecule is COC(=O)[C@H](CCCCNC(=O)CCCc1ccc(I)cc1)NC(=O)[C@H](CCC(=O)O)CC(=O)CCOCCOCCOCCOCCCC(=O)CCC(=O)N1Cc2ccccc2C#Cc2ccccc21. The first-order valence-electron chi connectivity index (χ1n) is 24.4. The fourth-order valence-electron chi connectivity index (χ4n) is 7.61. The number of carbonyl (C=O) groups excluding carboxylic acids is 6. The lowest BCUT2D eigenvalue weighted by Crippen LogP contribution is -2.44. The van der Waals surface area contributed by atoms with Crippen LogP contribution in [0.5, 0.6) is 0 Å². The van der Waals surface area contributed by atoms with Crippen molar-refractivity contribution in [2.75, 3.05) is 71.4 Å². The van der Waals surface area contributed by atoms with Crippen LogP contribution in [0, 0.1) is 21.3 Å². The summed E-state index contributed by atoms with van der Waals surface area (Å²) < 4.78 is 28.2. The standard InChI is InChI=1S/C54H68IN3O13/c1-67-54(66)48(15-6-7-29-56-50(61)17-8-10-40-18-23-45(55)24-19-40)57-53(65)43(22-27-52(63)64)38-47(60)28-31-69-33-35-71-37-36-70-34-32-68-30-9-14-46(59)25-26-51(62)58-39-44-13-3-2-11-41(44)20-21-42-12-4-5-16-49(42)58/h2-5,11-13,16,18-19,23-24,43,48H,6-10,14-15,17,22,25-39H2,1H3,(H,56,61)(H,57,65)(H,63,64)/t43-,48+/m1/s1. The van der Waals surface area contributed by atoms with Gasteiger partial charge < -0.3 is 44.3 Å². The number of carbonyl (C=O) groups is 7. The number of halogens is 1. The zero-order chi connectivity index (χ0) is 51.1. The maximum Gasteiger partial charge on any atom is 0.328 e. The molecule has 1 aliphatic heterocycles. The van der Waals surface area contributed by atoms with Gasteiger partial charge in [-0.15, -0.1) is 0 Å². The van der Waals surface area contributed by atoms with Gasteiger partial charge in [-0.2, -0.15) is 0 Å². The van der Waals surface area contributed by atoms with E-state index in [1.165, 1.54) is 12.7 Å². The number of methoxy groups -OCH3 is 1. The minimum Gasteiger partial charge on any atom is -0.481 e. The molecule has 3 amide bonds. The van der Waals surface area contributed by atoms with Crippen LogP contribution >= 0.6 is 22.6 Å². The maximum absolute atomic E-state index is 13.4. The molecule has 0 radical (unpaired) electrons. The summed E-state index contributed by atoms with van der Waals surface area (Å²) in [5.41, 5.74) is 4.53. The number of hydrogen-bond donors (Lipinski definition) is 3. The minimum absolute atomic E-state index is 0.00335. The van der Waals surface area contributed by atoms with Crippen molar-refractivity contribution in [1.82, 2.24) is 10.6 Å². The topological polar surface area (TPSA) is 213 Å². The number of ketones is 2. The number of nitrogens with zero attached hydrogens (tertiary/aromatic N) is 1. The molecule has 0 saturated carbocycles. The van der Waals surface area contributed by atoms with Crippen LogP contribution < -0.4 is 15.5 Å². The van der Waals surface area contributed by atoms with Crippen molar-refractivity contribution in [2.45, 2.75) is 102 Å². The fraction of sp³-hybridized carbons (Fsp3) is 0.500. The van der Waals surface area contributed by atoms with Gasteiger partial charge in [-0.3, -0.25) is 28.8 Å². The van der Waals surface area contributed by atoms with E-state index >= 15 is 0 Å². The third-order valence-electron chi connectivity index (χ3n) is 11.6. The lowest BCUT2D eigenvalue weighted by molar-refractivity contribution is -0.146. The molecule has 17 heteroatoms. The molecule has 1 aliphatic rings. The Morgan fingerprint density at radius 3 is 2.01 bits per heavy atom. The Hall–Kier alpha value is -5.52. The normalized spacial score (nSPS) is 12.5. The van der Waals surface area contributed by atoms with Gasteiger partial charge in [-0.05, 0) is 109 Å². The molecule has 3 N–H and O–H groups in total. The molecule has 4 rings (SSSR count). The number of nitrogens with one attached hydrogen (secondary N) is 2. The molecule has 0 saturated heterocycles. The van der Waals surface area contributed by atoms with Gasteiger partial charge in [0.1, 0.15) is 17.6 Å². The van der Waals surface area contributed by atoms with Crippen molar-refractivity contribution in [3.63, 3.8) is 0 Å². The van der Waals surface area contributed by atoms with Crippen LogP contribution in [0.4, 0.5) is 5.69 Å². The van der Waals surface area contributed by atoms with Crippen LogP contribution in [-0.2, 0) is 70.2 Å². The fourth-order valence-corrected chi connectivity index (χ4v) is 7.97. The molecule has 2 atom stereocenters.